The van der Waals surface area contributed by atoms with Gasteiger partial charge in [-0.3, -0.25) is 14.7 Å². The number of guanidine groups is 1. The number of nitrogens with two attached hydrogens (primary N) is 1. The maximum atomic E-state index is 11.6. The van der Waals surface area contributed by atoms with Crippen molar-refractivity contribution in [2.24, 2.45) is 10.7 Å². The minimum Gasteiger partial charge on any atom is -0.466 e. The summed E-state index contributed by atoms with van der Waals surface area (Å²) in [6.07, 6.45) is 1.54. The van der Waals surface area contributed by atoms with Crippen LogP contribution in [0.2, 0.25) is 0 Å². The molecule has 1 aliphatic heterocycles. The summed E-state index contributed by atoms with van der Waals surface area (Å²) in [6.45, 7) is 8.53. The highest BCUT2D eigenvalue weighted by atomic mass is 16.4. The van der Waals surface area contributed by atoms with Crippen LogP contribution in [0.15, 0.2) is 27.8 Å². The van der Waals surface area contributed by atoms with Crippen LogP contribution in [-0.2, 0) is 10.4 Å². The van der Waals surface area contributed by atoms with Crippen molar-refractivity contribution in [1.82, 2.24) is 15.1 Å². The van der Waals surface area contributed by atoms with Gasteiger partial charge >= 0.3 is 0 Å². The van der Waals surface area contributed by atoms with E-state index < -0.39 is 11.1 Å². The van der Waals surface area contributed by atoms with E-state index in [-0.39, 0.29) is 12.5 Å². The number of nitrogens with one attached hydrogen (secondary N) is 1. The Bertz CT molecular complexity index is 602. The molecule has 1 saturated heterocycles. The monoisotopic (exact) mass is 351 g/mol. The second-order valence-corrected chi connectivity index (χ2v) is 7.05. The average Bonchev–Trinajstić information content (AvgIpc) is 3.11. The zero-order valence-electron chi connectivity index (χ0n) is 15.5. The van der Waals surface area contributed by atoms with E-state index in [1.807, 2.05) is 13.8 Å². The molecule has 0 saturated carbocycles. The van der Waals surface area contributed by atoms with E-state index in [2.05, 4.69) is 20.1 Å². The number of nitrogens with zero attached hydrogens (tertiary/aromatic N) is 3. The van der Waals surface area contributed by atoms with E-state index in [0.29, 0.717) is 24.8 Å². The largest absolute Gasteiger partial charge is 0.466 e. The van der Waals surface area contributed by atoms with Crippen LogP contribution in [0.4, 0.5) is 0 Å². The second kappa shape index (κ2) is 7.45. The Morgan fingerprint density at radius 2 is 2.00 bits per heavy atom. The topological polar surface area (TPSA) is 107 Å². The first-order valence-electron chi connectivity index (χ1n) is 8.45. The van der Waals surface area contributed by atoms with Crippen LogP contribution in [0.5, 0.6) is 0 Å². The Balaban J connectivity index is 1.92. The molecule has 2 rings (SSSR count). The van der Waals surface area contributed by atoms with E-state index >= 15 is 0 Å². The highest BCUT2D eigenvalue weighted by Gasteiger charge is 2.35. The molecule has 1 amide bonds. The van der Waals surface area contributed by atoms with E-state index in [1.54, 1.807) is 32.4 Å². The molecule has 1 fully saturated rings. The van der Waals surface area contributed by atoms with Crippen molar-refractivity contribution in [1.29, 1.82) is 0 Å². The third kappa shape index (κ3) is 4.32. The first-order valence-corrected chi connectivity index (χ1v) is 8.45. The second-order valence-electron chi connectivity index (χ2n) is 7.05. The van der Waals surface area contributed by atoms with Crippen LogP contribution in [0.1, 0.15) is 26.5 Å². The molecule has 0 spiro atoms. The normalized spacial score (nSPS) is 19.6. The number of piperazine rings is 1. The van der Waals surface area contributed by atoms with Crippen LogP contribution in [0, 0.1) is 0 Å². The zero-order valence-corrected chi connectivity index (χ0v) is 15.5. The number of aliphatic imine (C=N–C) groups is 1. The molecule has 0 aromatic carbocycles. The molecule has 2 heterocycles. The molecule has 0 bridgehead atoms. The molecular formula is C17H29N5O3. The SMILES string of the molecule is CN=C(NCC(C)(O)c1ccco1)N1CCN(C(C)(C)C(N)=O)CC1. The standard InChI is InChI=1S/C17H29N5O3/c1-16(2,14(18)23)22-9-7-21(8-10-22)15(19-4)20-12-17(3,24)13-6-5-11-25-13/h5-6,11,24H,7-10,12H2,1-4H3,(H2,18,23)(H,19,20). The summed E-state index contributed by atoms with van der Waals surface area (Å²) in [4.78, 5) is 20.1. The van der Waals surface area contributed by atoms with Gasteiger partial charge in [-0.15, -0.1) is 0 Å². The van der Waals surface area contributed by atoms with Crippen LogP contribution >= 0.6 is 0 Å². The third-order valence-electron chi connectivity index (χ3n) is 4.83. The van der Waals surface area contributed by atoms with Gasteiger partial charge in [0.15, 0.2) is 5.96 Å². The number of amides is 1. The zero-order chi connectivity index (χ0) is 18.7. The van der Waals surface area contributed by atoms with Crippen LogP contribution in [-0.4, -0.2) is 72.1 Å². The smallest absolute Gasteiger partial charge is 0.237 e. The van der Waals surface area contributed by atoms with Gasteiger partial charge in [-0.25, -0.2) is 0 Å². The number of aliphatic hydroxyl groups is 1. The molecule has 8 nitrogen and oxygen atoms in total. The Morgan fingerprint density at radius 1 is 1.36 bits per heavy atom. The molecule has 140 valence electrons. The van der Waals surface area contributed by atoms with E-state index in [9.17, 15) is 9.90 Å². The lowest BCUT2D eigenvalue weighted by Gasteiger charge is -2.43. The lowest BCUT2D eigenvalue weighted by Crippen LogP contribution is -2.61. The Morgan fingerprint density at radius 3 is 2.48 bits per heavy atom. The van der Waals surface area contributed by atoms with Crippen LogP contribution in [0.3, 0.4) is 0 Å². The summed E-state index contributed by atoms with van der Waals surface area (Å²) < 4.78 is 5.29. The summed E-state index contributed by atoms with van der Waals surface area (Å²) in [6, 6.07) is 3.49. The van der Waals surface area contributed by atoms with Gasteiger partial charge in [-0.05, 0) is 32.9 Å². The number of primary amides is 1. The molecule has 1 aromatic rings. The molecule has 1 aliphatic rings. The van der Waals surface area contributed by atoms with Gasteiger partial charge in [-0.1, -0.05) is 0 Å². The average molecular weight is 351 g/mol. The lowest BCUT2D eigenvalue weighted by atomic mass is 10.0. The Labute approximate surface area is 148 Å². The fourth-order valence-corrected chi connectivity index (χ4v) is 2.89. The van der Waals surface area contributed by atoms with Crippen LogP contribution in [0.25, 0.3) is 0 Å². The number of carbonyl (C=O) groups is 1. The number of rotatable bonds is 5. The van der Waals surface area contributed by atoms with Gasteiger partial charge in [0.2, 0.25) is 5.91 Å². The van der Waals surface area contributed by atoms with Crippen molar-refractivity contribution in [3.8, 4) is 0 Å². The summed E-state index contributed by atoms with van der Waals surface area (Å²) in [5.41, 5.74) is 3.71. The van der Waals surface area contributed by atoms with Gasteiger partial charge in [-0.2, -0.15) is 0 Å². The molecular weight excluding hydrogens is 322 g/mol. The molecule has 1 unspecified atom stereocenters. The highest BCUT2D eigenvalue weighted by molar-refractivity contribution is 5.84. The van der Waals surface area contributed by atoms with Gasteiger partial charge in [0.25, 0.3) is 0 Å². The van der Waals surface area contributed by atoms with Crippen molar-refractivity contribution in [2.75, 3.05) is 39.8 Å². The first-order chi connectivity index (χ1) is 11.7. The fraction of sp³-hybridized carbons (Fsp3) is 0.647. The minimum absolute atomic E-state index is 0.278. The van der Waals surface area contributed by atoms with Crippen LogP contribution < -0.4 is 11.1 Å². The lowest BCUT2D eigenvalue weighted by molar-refractivity contribution is -0.129. The number of hydrogen-bond acceptors (Lipinski definition) is 5. The van der Waals surface area contributed by atoms with E-state index in [1.165, 1.54) is 0 Å². The maximum absolute atomic E-state index is 11.6. The molecule has 25 heavy (non-hydrogen) atoms. The van der Waals surface area contributed by atoms with Gasteiger partial charge in [0, 0.05) is 33.2 Å². The highest BCUT2D eigenvalue weighted by Crippen LogP contribution is 2.20. The Hall–Kier alpha value is -2.06. The molecule has 1 atom stereocenters. The third-order valence-corrected chi connectivity index (χ3v) is 4.83. The predicted molar refractivity (Wildman–Crippen MR) is 96.1 cm³/mol. The van der Waals surface area contributed by atoms with Crippen molar-refractivity contribution in [3.63, 3.8) is 0 Å². The molecule has 0 radical (unpaired) electrons. The molecule has 4 N–H and O–H groups in total. The van der Waals surface area contributed by atoms with Crippen molar-refractivity contribution < 1.29 is 14.3 Å². The summed E-state index contributed by atoms with van der Waals surface area (Å²) in [5, 5.41) is 13.7. The van der Waals surface area contributed by atoms with Crippen molar-refractivity contribution >= 4 is 11.9 Å². The number of carbonyl (C=O) groups excluding carboxylic acids is 1. The predicted octanol–water partition coefficient (Wildman–Crippen LogP) is -0.0560. The number of furan rings is 1. The molecule has 0 aliphatic carbocycles. The van der Waals surface area contributed by atoms with E-state index in [0.717, 1.165) is 13.1 Å². The molecule has 1 aromatic heterocycles. The van der Waals surface area contributed by atoms with Gasteiger partial charge in [0.05, 0.1) is 18.3 Å². The number of hydrogen-bond donors (Lipinski definition) is 3. The summed E-state index contributed by atoms with van der Waals surface area (Å²) >= 11 is 0. The van der Waals surface area contributed by atoms with Crippen molar-refractivity contribution in [3.05, 3.63) is 24.2 Å². The maximum Gasteiger partial charge on any atom is 0.237 e. The first kappa shape index (κ1) is 19.3. The quantitative estimate of drug-likeness (QED) is 0.507. The summed E-state index contributed by atoms with van der Waals surface area (Å²) in [7, 11) is 1.71. The van der Waals surface area contributed by atoms with Gasteiger partial charge in [0.1, 0.15) is 11.4 Å². The minimum atomic E-state index is -1.13. The Kier molecular flexibility index (Phi) is 5.74. The fourth-order valence-electron chi connectivity index (χ4n) is 2.89. The van der Waals surface area contributed by atoms with Gasteiger partial charge < -0.3 is 25.5 Å². The van der Waals surface area contributed by atoms with Crippen molar-refractivity contribution in [2.45, 2.75) is 31.9 Å². The summed E-state index contributed by atoms with van der Waals surface area (Å²) in [5.74, 6) is 0.893. The van der Waals surface area contributed by atoms with E-state index in [4.69, 9.17) is 10.2 Å². The molecule has 8 heteroatoms.